The van der Waals surface area contributed by atoms with Gasteiger partial charge in [0.1, 0.15) is 11.3 Å². The van der Waals surface area contributed by atoms with Gasteiger partial charge in [-0.15, -0.1) is 0 Å². The van der Waals surface area contributed by atoms with Gasteiger partial charge >= 0.3 is 5.69 Å². The second-order valence-corrected chi connectivity index (χ2v) is 4.37. The Hall–Kier alpha value is -2.97. The average molecular weight is 272 g/mol. The fraction of sp³-hybridized carbons (Fsp3) is 0.182. The lowest BCUT2D eigenvalue weighted by molar-refractivity contribution is 0.815. The highest BCUT2D eigenvalue weighted by Gasteiger charge is 2.14. The summed E-state index contributed by atoms with van der Waals surface area (Å²) in [6.45, 7) is 0. The molecule has 0 fully saturated rings. The summed E-state index contributed by atoms with van der Waals surface area (Å²) in [5.74, 6) is 0.649. The number of nitrogens with zero attached hydrogens (tertiary/aromatic N) is 6. The van der Waals surface area contributed by atoms with Crippen LogP contribution in [-0.4, -0.2) is 29.1 Å². The van der Waals surface area contributed by atoms with E-state index in [1.54, 1.807) is 25.0 Å². The molecule has 0 radical (unpaired) electrons. The van der Waals surface area contributed by atoms with Crippen molar-refractivity contribution in [3.05, 3.63) is 22.9 Å². The molecule has 3 aromatic rings. The smallest absolute Gasteiger partial charge is 0.349 e. The predicted molar refractivity (Wildman–Crippen MR) is 73.6 cm³/mol. The number of imidazole rings is 1. The van der Waals surface area contributed by atoms with Crippen LogP contribution in [0.25, 0.3) is 22.7 Å². The summed E-state index contributed by atoms with van der Waals surface area (Å²) in [7, 11) is 3.36. The van der Waals surface area contributed by atoms with Crippen molar-refractivity contribution in [2.75, 3.05) is 11.5 Å². The second kappa shape index (κ2) is 4.02. The van der Waals surface area contributed by atoms with E-state index >= 15 is 0 Å². The molecule has 9 nitrogen and oxygen atoms in total. The molecule has 4 N–H and O–H groups in total. The molecule has 20 heavy (non-hydrogen) atoms. The summed E-state index contributed by atoms with van der Waals surface area (Å²) in [5.41, 5.74) is 12.5. The summed E-state index contributed by atoms with van der Waals surface area (Å²) in [6.07, 6.45) is 1.60. The van der Waals surface area contributed by atoms with Crippen molar-refractivity contribution in [2.24, 2.45) is 14.1 Å². The molecule has 0 aromatic carbocycles. The van der Waals surface area contributed by atoms with Crippen LogP contribution in [0.3, 0.4) is 0 Å². The molecule has 3 aromatic heterocycles. The van der Waals surface area contributed by atoms with Gasteiger partial charge in [-0.25, -0.2) is 19.7 Å². The molecule has 0 saturated heterocycles. The maximum Gasteiger partial charge on any atom is 0.349 e. The van der Waals surface area contributed by atoms with Gasteiger partial charge in [0, 0.05) is 20.2 Å². The monoisotopic (exact) mass is 272 g/mol. The van der Waals surface area contributed by atoms with E-state index in [4.69, 9.17) is 11.5 Å². The van der Waals surface area contributed by atoms with Crippen molar-refractivity contribution in [1.82, 2.24) is 29.1 Å². The molecule has 0 saturated carbocycles. The maximum absolute atomic E-state index is 11.7. The number of fused-ring (bicyclic) bond motifs is 1. The van der Waals surface area contributed by atoms with Gasteiger partial charge in [0.25, 0.3) is 0 Å². The van der Waals surface area contributed by atoms with Gasteiger partial charge in [-0.2, -0.15) is 4.98 Å². The van der Waals surface area contributed by atoms with E-state index in [9.17, 15) is 4.79 Å². The van der Waals surface area contributed by atoms with Crippen LogP contribution in [0.4, 0.5) is 11.6 Å². The number of aryl methyl sites for hydroxylation is 1. The molecule has 0 unspecified atom stereocenters. The van der Waals surface area contributed by atoms with Crippen molar-refractivity contribution in [1.29, 1.82) is 0 Å². The van der Waals surface area contributed by atoms with Crippen LogP contribution in [-0.2, 0) is 14.1 Å². The van der Waals surface area contributed by atoms with E-state index in [2.05, 4.69) is 19.9 Å². The van der Waals surface area contributed by atoms with Gasteiger partial charge in [-0.1, -0.05) is 0 Å². The molecule has 0 bridgehead atoms. The minimum Gasteiger partial charge on any atom is -0.383 e. The minimum absolute atomic E-state index is 0.107. The summed E-state index contributed by atoms with van der Waals surface area (Å²) in [5, 5.41) is 0. The summed E-state index contributed by atoms with van der Waals surface area (Å²) < 4.78 is 3.03. The third-order valence-electron chi connectivity index (χ3n) is 2.97. The number of nitrogen functional groups attached to an aromatic ring is 2. The van der Waals surface area contributed by atoms with Crippen LogP contribution in [0, 0.1) is 0 Å². The molecule has 3 heterocycles. The van der Waals surface area contributed by atoms with Crippen LogP contribution < -0.4 is 17.2 Å². The first-order chi connectivity index (χ1) is 9.47. The normalized spacial score (nSPS) is 11.1. The number of rotatable bonds is 1. The van der Waals surface area contributed by atoms with Crippen molar-refractivity contribution < 1.29 is 0 Å². The zero-order valence-corrected chi connectivity index (χ0v) is 10.9. The quantitative estimate of drug-likeness (QED) is 0.598. The molecule has 0 amide bonds. The molecule has 0 spiro atoms. The Balaban J connectivity index is 2.35. The number of hydrogen-bond acceptors (Lipinski definition) is 7. The molecule has 0 atom stereocenters. The third kappa shape index (κ3) is 1.67. The zero-order chi connectivity index (χ0) is 14.4. The molecule has 0 aliphatic heterocycles. The summed E-state index contributed by atoms with van der Waals surface area (Å²) in [4.78, 5) is 28.0. The van der Waals surface area contributed by atoms with Crippen LogP contribution in [0.1, 0.15) is 0 Å². The molecule has 0 aliphatic carbocycles. The SMILES string of the molecule is Cn1c(-c2nc(N)c3ncn(C)c3n2)cc(N)nc1=O. The fourth-order valence-electron chi connectivity index (χ4n) is 1.92. The number of aromatic nitrogens is 6. The van der Waals surface area contributed by atoms with E-state index in [1.807, 2.05) is 0 Å². The summed E-state index contributed by atoms with van der Waals surface area (Å²) >= 11 is 0. The molecule has 3 rings (SSSR count). The van der Waals surface area contributed by atoms with Crippen molar-refractivity contribution >= 4 is 22.8 Å². The Morgan fingerprint density at radius 2 is 1.90 bits per heavy atom. The topological polar surface area (TPSA) is 131 Å². The Morgan fingerprint density at radius 1 is 1.15 bits per heavy atom. The van der Waals surface area contributed by atoms with Crippen LogP contribution in [0.5, 0.6) is 0 Å². The third-order valence-corrected chi connectivity index (χ3v) is 2.97. The van der Waals surface area contributed by atoms with E-state index < -0.39 is 5.69 Å². The first-order valence-electron chi connectivity index (χ1n) is 5.76. The predicted octanol–water partition coefficient (Wildman–Crippen LogP) is -0.712. The van der Waals surface area contributed by atoms with Gasteiger partial charge in [0.15, 0.2) is 17.3 Å². The van der Waals surface area contributed by atoms with Crippen LogP contribution in [0.15, 0.2) is 17.2 Å². The lowest BCUT2D eigenvalue weighted by Gasteiger charge is -2.08. The Labute approximate surface area is 112 Å². The number of anilines is 2. The summed E-state index contributed by atoms with van der Waals surface area (Å²) in [6, 6.07) is 1.53. The van der Waals surface area contributed by atoms with Gasteiger partial charge < -0.3 is 16.0 Å². The second-order valence-electron chi connectivity index (χ2n) is 4.37. The van der Waals surface area contributed by atoms with E-state index in [-0.39, 0.29) is 11.6 Å². The Bertz CT molecular complexity index is 878. The van der Waals surface area contributed by atoms with Gasteiger partial charge in [-0.3, -0.25) is 4.57 Å². The van der Waals surface area contributed by atoms with E-state index in [1.165, 1.54) is 10.6 Å². The van der Waals surface area contributed by atoms with Crippen molar-refractivity contribution in [3.63, 3.8) is 0 Å². The Kier molecular flexibility index (Phi) is 2.43. The van der Waals surface area contributed by atoms with Gasteiger partial charge in [-0.05, 0) is 0 Å². The van der Waals surface area contributed by atoms with Crippen molar-refractivity contribution in [2.45, 2.75) is 0 Å². The van der Waals surface area contributed by atoms with Crippen LogP contribution in [0.2, 0.25) is 0 Å². The molecular formula is C11H12N8O. The number of hydrogen-bond donors (Lipinski definition) is 2. The minimum atomic E-state index is -0.479. The van der Waals surface area contributed by atoms with Gasteiger partial charge in [0.05, 0.1) is 12.0 Å². The molecule has 102 valence electrons. The van der Waals surface area contributed by atoms with Gasteiger partial charge in [0.2, 0.25) is 0 Å². The fourth-order valence-corrected chi connectivity index (χ4v) is 1.92. The van der Waals surface area contributed by atoms with Crippen molar-refractivity contribution in [3.8, 4) is 11.5 Å². The number of nitrogens with two attached hydrogens (primary N) is 2. The van der Waals surface area contributed by atoms with E-state index in [0.29, 0.717) is 22.7 Å². The van der Waals surface area contributed by atoms with Crippen LogP contribution >= 0.6 is 0 Å². The van der Waals surface area contributed by atoms with E-state index in [0.717, 1.165) is 0 Å². The first-order valence-corrected chi connectivity index (χ1v) is 5.76. The molecule has 0 aliphatic rings. The molecular weight excluding hydrogens is 260 g/mol. The lowest BCUT2D eigenvalue weighted by atomic mass is 10.3. The highest BCUT2D eigenvalue weighted by molar-refractivity contribution is 5.83. The Morgan fingerprint density at radius 3 is 2.65 bits per heavy atom. The molecule has 9 heteroatoms. The standard InChI is InChI=1S/C11H12N8O/c1-18-4-14-7-8(13)16-9(17-10(7)18)5-3-6(12)15-11(20)19(5)2/h3-4H,1-2H3,(H2,12,15,20)(H2,13,16,17). The first kappa shape index (κ1) is 12.1. The largest absolute Gasteiger partial charge is 0.383 e. The highest BCUT2D eigenvalue weighted by Crippen LogP contribution is 2.21. The highest BCUT2D eigenvalue weighted by atomic mass is 16.1. The lowest BCUT2D eigenvalue weighted by Crippen LogP contribution is -2.23. The zero-order valence-electron chi connectivity index (χ0n) is 10.9. The average Bonchev–Trinajstić information content (AvgIpc) is 2.76. The maximum atomic E-state index is 11.7.